The van der Waals surface area contributed by atoms with Crippen molar-refractivity contribution in [1.29, 1.82) is 0 Å². The van der Waals surface area contributed by atoms with Gasteiger partial charge in [-0.3, -0.25) is 9.69 Å². The van der Waals surface area contributed by atoms with E-state index in [1.165, 1.54) is 30.2 Å². The standard InChI is InChI=1S/C12H15F2NO4/c1-15(2)10(11(16)17)7-4-5-8(18-3)9(6-7)19-12(13)14/h4-6,10,12H,1-3H3,(H,16,17). The Hall–Kier alpha value is -1.89. The van der Waals surface area contributed by atoms with Crippen LogP contribution < -0.4 is 9.47 Å². The number of aliphatic carboxylic acids is 1. The fourth-order valence-corrected chi connectivity index (χ4v) is 1.71. The van der Waals surface area contributed by atoms with Gasteiger partial charge in [-0.05, 0) is 31.8 Å². The minimum atomic E-state index is -3.01. The molecule has 5 nitrogen and oxygen atoms in total. The molecule has 1 N–H and O–H groups in total. The molecule has 0 amide bonds. The Balaban J connectivity index is 3.19. The highest BCUT2D eigenvalue weighted by molar-refractivity contribution is 5.76. The van der Waals surface area contributed by atoms with E-state index in [1.54, 1.807) is 14.1 Å². The molecular formula is C12H15F2NO4. The van der Waals surface area contributed by atoms with Crippen LogP contribution in [-0.4, -0.2) is 43.8 Å². The quantitative estimate of drug-likeness (QED) is 0.860. The van der Waals surface area contributed by atoms with E-state index < -0.39 is 18.6 Å². The lowest BCUT2D eigenvalue weighted by atomic mass is 10.1. The maximum absolute atomic E-state index is 12.3. The van der Waals surface area contributed by atoms with Crippen LogP contribution in [0, 0.1) is 0 Å². The number of carboxylic acid groups (broad SMARTS) is 1. The van der Waals surface area contributed by atoms with Gasteiger partial charge in [0.15, 0.2) is 11.5 Å². The Morgan fingerprint density at radius 3 is 2.37 bits per heavy atom. The molecule has 1 rings (SSSR count). The topological polar surface area (TPSA) is 59.0 Å². The Bertz CT molecular complexity index is 451. The van der Waals surface area contributed by atoms with Gasteiger partial charge in [-0.1, -0.05) is 6.07 Å². The number of likely N-dealkylation sites (N-methyl/N-ethyl adjacent to an activating group) is 1. The summed E-state index contributed by atoms with van der Waals surface area (Å²) in [5.74, 6) is -1.16. The summed E-state index contributed by atoms with van der Waals surface area (Å²) in [5.41, 5.74) is 0.328. The predicted molar refractivity (Wildman–Crippen MR) is 63.7 cm³/mol. The smallest absolute Gasteiger partial charge is 0.387 e. The minimum absolute atomic E-state index is 0.118. The van der Waals surface area contributed by atoms with E-state index in [1.807, 2.05) is 0 Å². The van der Waals surface area contributed by atoms with Gasteiger partial charge in [-0.15, -0.1) is 0 Å². The van der Waals surface area contributed by atoms with Crippen LogP contribution in [-0.2, 0) is 4.79 Å². The summed E-state index contributed by atoms with van der Waals surface area (Å²) >= 11 is 0. The molecule has 1 aromatic carbocycles. The van der Waals surface area contributed by atoms with E-state index in [9.17, 15) is 13.6 Å². The van der Waals surface area contributed by atoms with Crippen LogP contribution in [0.2, 0.25) is 0 Å². The van der Waals surface area contributed by atoms with Gasteiger partial charge in [0, 0.05) is 0 Å². The molecule has 0 heterocycles. The molecule has 0 aliphatic carbocycles. The SMILES string of the molecule is COc1ccc(C(C(=O)O)N(C)C)cc1OC(F)F. The average Bonchev–Trinajstić information content (AvgIpc) is 2.27. The Kier molecular flexibility index (Phi) is 5.05. The zero-order valence-corrected chi connectivity index (χ0v) is 10.8. The summed E-state index contributed by atoms with van der Waals surface area (Å²) in [6.07, 6.45) is 0. The van der Waals surface area contributed by atoms with Gasteiger partial charge in [0.25, 0.3) is 0 Å². The van der Waals surface area contributed by atoms with Gasteiger partial charge in [0.1, 0.15) is 6.04 Å². The van der Waals surface area contributed by atoms with Crippen LogP contribution in [0.3, 0.4) is 0 Å². The van der Waals surface area contributed by atoms with Crippen LogP contribution in [0.1, 0.15) is 11.6 Å². The molecular weight excluding hydrogens is 260 g/mol. The number of nitrogens with zero attached hydrogens (tertiary/aromatic N) is 1. The van der Waals surface area contributed by atoms with Crippen LogP contribution in [0.15, 0.2) is 18.2 Å². The van der Waals surface area contributed by atoms with Gasteiger partial charge in [0.2, 0.25) is 0 Å². The first-order valence-corrected chi connectivity index (χ1v) is 5.38. The molecule has 0 radical (unpaired) electrons. The monoisotopic (exact) mass is 275 g/mol. The third kappa shape index (κ3) is 3.78. The van der Waals surface area contributed by atoms with Crippen molar-refractivity contribution >= 4 is 5.97 Å². The zero-order valence-electron chi connectivity index (χ0n) is 10.8. The number of carbonyl (C=O) groups is 1. The van der Waals surface area contributed by atoms with Gasteiger partial charge < -0.3 is 14.6 Å². The summed E-state index contributed by atoms with van der Waals surface area (Å²) in [4.78, 5) is 12.6. The lowest BCUT2D eigenvalue weighted by Gasteiger charge is -2.21. The molecule has 0 spiro atoms. The Labute approximate surface area is 109 Å². The van der Waals surface area contributed by atoms with Gasteiger partial charge in [-0.25, -0.2) is 0 Å². The first-order chi connectivity index (χ1) is 8.86. The number of ether oxygens (including phenoxy) is 2. The second-order valence-corrected chi connectivity index (χ2v) is 3.99. The lowest BCUT2D eigenvalue weighted by Crippen LogP contribution is -2.27. The van der Waals surface area contributed by atoms with Crippen molar-refractivity contribution in [3.8, 4) is 11.5 Å². The van der Waals surface area contributed by atoms with Crippen molar-refractivity contribution in [3.63, 3.8) is 0 Å². The van der Waals surface area contributed by atoms with Crippen molar-refractivity contribution < 1.29 is 28.2 Å². The maximum atomic E-state index is 12.3. The third-order valence-electron chi connectivity index (χ3n) is 2.47. The number of alkyl halides is 2. The number of hydrogen-bond donors (Lipinski definition) is 1. The molecule has 0 aliphatic rings. The molecule has 19 heavy (non-hydrogen) atoms. The highest BCUT2D eigenvalue weighted by atomic mass is 19.3. The molecule has 0 fully saturated rings. The number of halogens is 2. The van der Waals surface area contributed by atoms with E-state index >= 15 is 0 Å². The van der Waals surface area contributed by atoms with E-state index in [0.29, 0.717) is 5.56 Å². The van der Waals surface area contributed by atoms with Crippen molar-refractivity contribution in [2.45, 2.75) is 12.7 Å². The van der Waals surface area contributed by atoms with E-state index in [4.69, 9.17) is 9.84 Å². The van der Waals surface area contributed by atoms with Crippen molar-refractivity contribution in [3.05, 3.63) is 23.8 Å². The lowest BCUT2D eigenvalue weighted by molar-refractivity contribution is -0.142. The first kappa shape index (κ1) is 15.2. The molecule has 1 atom stereocenters. The summed E-state index contributed by atoms with van der Waals surface area (Å²) in [6, 6.07) is 3.18. The fraction of sp³-hybridized carbons (Fsp3) is 0.417. The van der Waals surface area contributed by atoms with Gasteiger partial charge >= 0.3 is 12.6 Å². The second kappa shape index (κ2) is 6.33. The summed E-state index contributed by atoms with van der Waals surface area (Å²) < 4.78 is 33.8. The first-order valence-electron chi connectivity index (χ1n) is 5.38. The fourth-order valence-electron chi connectivity index (χ4n) is 1.71. The summed E-state index contributed by atoms with van der Waals surface area (Å²) in [6.45, 7) is -3.01. The molecule has 1 aromatic rings. The molecule has 0 aromatic heterocycles. The van der Waals surface area contributed by atoms with Gasteiger partial charge in [-0.2, -0.15) is 8.78 Å². The molecule has 106 valence electrons. The number of rotatable bonds is 6. The molecule has 0 aliphatic heterocycles. The van der Waals surface area contributed by atoms with Crippen LogP contribution in [0.25, 0.3) is 0 Å². The number of methoxy groups -OCH3 is 1. The summed E-state index contributed by atoms with van der Waals surface area (Å²) in [5, 5.41) is 9.13. The van der Waals surface area contributed by atoms with E-state index in [-0.39, 0.29) is 11.5 Å². The number of carboxylic acids is 1. The third-order valence-corrected chi connectivity index (χ3v) is 2.47. The Morgan fingerprint density at radius 1 is 1.32 bits per heavy atom. The van der Waals surface area contributed by atoms with Crippen molar-refractivity contribution in [2.24, 2.45) is 0 Å². The van der Waals surface area contributed by atoms with E-state index in [2.05, 4.69) is 4.74 Å². The van der Waals surface area contributed by atoms with Crippen LogP contribution >= 0.6 is 0 Å². The van der Waals surface area contributed by atoms with Crippen molar-refractivity contribution in [2.75, 3.05) is 21.2 Å². The largest absolute Gasteiger partial charge is 0.493 e. The second-order valence-electron chi connectivity index (χ2n) is 3.99. The van der Waals surface area contributed by atoms with Crippen molar-refractivity contribution in [1.82, 2.24) is 4.90 Å². The normalized spacial score (nSPS) is 12.6. The van der Waals surface area contributed by atoms with E-state index in [0.717, 1.165) is 0 Å². The Morgan fingerprint density at radius 2 is 1.95 bits per heavy atom. The highest BCUT2D eigenvalue weighted by Crippen LogP contribution is 2.32. The average molecular weight is 275 g/mol. The molecule has 7 heteroatoms. The highest BCUT2D eigenvalue weighted by Gasteiger charge is 2.24. The summed E-state index contributed by atoms with van der Waals surface area (Å²) in [7, 11) is 4.47. The molecule has 1 unspecified atom stereocenters. The maximum Gasteiger partial charge on any atom is 0.387 e. The molecule has 0 bridgehead atoms. The van der Waals surface area contributed by atoms with Crippen LogP contribution in [0.4, 0.5) is 8.78 Å². The van der Waals surface area contributed by atoms with Gasteiger partial charge in [0.05, 0.1) is 7.11 Å². The predicted octanol–water partition coefficient (Wildman–Crippen LogP) is 1.98. The molecule has 0 saturated carbocycles. The minimum Gasteiger partial charge on any atom is -0.493 e. The number of hydrogen-bond acceptors (Lipinski definition) is 4. The number of benzene rings is 1. The zero-order chi connectivity index (χ0) is 14.6. The molecule has 0 saturated heterocycles. The van der Waals surface area contributed by atoms with Crippen LogP contribution in [0.5, 0.6) is 11.5 Å².